The molecule has 2 aromatic rings. The monoisotopic (exact) mass is 409 g/mol. The van der Waals surface area contributed by atoms with E-state index < -0.39 is 16.0 Å². The molecule has 0 bridgehead atoms. The van der Waals surface area contributed by atoms with E-state index in [-0.39, 0.29) is 16.3 Å². The van der Waals surface area contributed by atoms with Crippen LogP contribution >= 0.6 is 38.6 Å². The van der Waals surface area contributed by atoms with Gasteiger partial charge in [0, 0.05) is 23.3 Å². The van der Waals surface area contributed by atoms with E-state index in [0.717, 1.165) is 20.0 Å². The van der Waals surface area contributed by atoms with Gasteiger partial charge in [0.1, 0.15) is 4.88 Å². The number of thiophene rings is 2. The van der Waals surface area contributed by atoms with Crippen LogP contribution in [0.3, 0.4) is 0 Å². The molecule has 2 heterocycles. The third-order valence-electron chi connectivity index (χ3n) is 2.74. The molecule has 2 rings (SSSR count). The summed E-state index contributed by atoms with van der Waals surface area (Å²) in [6, 6.07) is 4.94. The van der Waals surface area contributed by atoms with E-state index >= 15 is 0 Å². The zero-order valence-electron chi connectivity index (χ0n) is 10.9. The van der Waals surface area contributed by atoms with Crippen molar-refractivity contribution in [2.45, 2.75) is 18.4 Å². The predicted molar refractivity (Wildman–Crippen MR) is 86.6 cm³/mol. The molecule has 0 atom stereocenters. The van der Waals surface area contributed by atoms with E-state index in [1.54, 1.807) is 6.92 Å². The SMILES string of the molecule is CCN(Cc1ccc(Br)s1)S(=O)(=O)c1csc(C(=O)O)c1. The van der Waals surface area contributed by atoms with Crippen LogP contribution in [0, 0.1) is 0 Å². The molecular formula is C12H12BrNO4S3. The van der Waals surface area contributed by atoms with Crippen molar-refractivity contribution in [3.63, 3.8) is 0 Å². The van der Waals surface area contributed by atoms with Crippen molar-refractivity contribution in [2.24, 2.45) is 0 Å². The molecule has 1 N–H and O–H groups in total. The maximum atomic E-state index is 12.5. The van der Waals surface area contributed by atoms with Crippen molar-refractivity contribution in [2.75, 3.05) is 6.54 Å². The van der Waals surface area contributed by atoms with Gasteiger partial charge in [0.2, 0.25) is 10.0 Å². The van der Waals surface area contributed by atoms with E-state index in [2.05, 4.69) is 15.9 Å². The van der Waals surface area contributed by atoms with E-state index in [9.17, 15) is 13.2 Å². The number of nitrogens with zero attached hydrogens (tertiary/aromatic N) is 1. The Kier molecular flexibility index (Phi) is 5.20. The number of hydrogen-bond acceptors (Lipinski definition) is 5. The lowest BCUT2D eigenvalue weighted by Gasteiger charge is -2.18. The largest absolute Gasteiger partial charge is 0.477 e. The van der Waals surface area contributed by atoms with Crippen LogP contribution in [0.5, 0.6) is 0 Å². The molecule has 5 nitrogen and oxygen atoms in total. The second-order valence-electron chi connectivity index (χ2n) is 4.09. The molecule has 21 heavy (non-hydrogen) atoms. The molecular weight excluding hydrogens is 398 g/mol. The molecule has 0 amide bonds. The lowest BCUT2D eigenvalue weighted by atomic mass is 10.4. The van der Waals surface area contributed by atoms with Crippen molar-refractivity contribution in [1.29, 1.82) is 0 Å². The van der Waals surface area contributed by atoms with Gasteiger partial charge in [-0.15, -0.1) is 22.7 Å². The highest BCUT2D eigenvalue weighted by Crippen LogP contribution is 2.27. The molecule has 0 aliphatic carbocycles. The Hall–Kier alpha value is -0.740. The number of hydrogen-bond donors (Lipinski definition) is 1. The lowest BCUT2D eigenvalue weighted by Crippen LogP contribution is -2.29. The average Bonchev–Trinajstić information content (AvgIpc) is 3.04. The van der Waals surface area contributed by atoms with Gasteiger partial charge in [-0.3, -0.25) is 0 Å². The van der Waals surface area contributed by atoms with Gasteiger partial charge in [-0.25, -0.2) is 13.2 Å². The smallest absolute Gasteiger partial charge is 0.345 e. The van der Waals surface area contributed by atoms with E-state index in [1.807, 2.05) is 12.1 Å². The molecule has 2 aromatic heterocycles. The van der Waals surface area contributed by atoms with Crippen molar-refractivity contribution >= 4 is 54.6 Å². The summed E-state index contributed by atoms with van der Waals surface area (Å²) in [5.74, 6) is -1.12. The summed E-state index contributed by atoms with van der Waals surface area (Å²) < 4.78 is 27.4. The molecule has 0 aromatic carbocycles. The number of carboxylic acids is 1. The number of rotatable bonds is 6. The zero-order chi connectivity index (χ0) is 15.6. The Bertz CT molecular complexity index is 750. The summed E-state index contributed by atoms with van der Waals surface area (Å²) in [4.78, 5) is 11.8. The first-order chi connectivity index (χ1) is 9.84. The Balaban J connectivity index is 2.28. The van der Waals surface area contributed by atoms with Crippen LogP contribution in [0.25, 0.3) is 0 Å². The number of carboxylic acid groups (broad SMARTS) is 1. The summed E-state index contributed by atoms with van der Waals surface area (Å²) in [7, 11) is -3.68. The van der Waals surface area contributed by atoms with Crippen LogP contribution in [0.15, 0.2) is 32.3 Å². The van der Waals surface area contributed by atoms with Gasteiger partial charge in [-0.05, 0) is 34.1 Å². The highest BCUT2D eigenvalue weighted by Gasteiger charge is 2.26. The van der Waals surface area contributed by atoms with Crippen LogP contribution in [0.2, 0.25) is 0 Å². The average molecular weight is 410 g/mol. The normalized spacial score (nSPS) is 12.0. The molecule has 114 valence electrons. The highest BCUT2D eigenvalue weighted by atomic mass is 79.9. The second-order valence-corrected chi connectivity index (χ2v) is 9.49. The minimum atomic E-state index is -3.68. The van der Waals surface area contributed by atoms with Crippen LogP contribution in [0.4, 0.5) is 0 Å². The van der Waals surface area contributed by atoms with Gasteiger partial charge < -0.3 is 5.11 Å². The topological polar surface area (TPSA) is 74.7 Å². The number of carbonyl (C=O) groups is 1. The van der Waals surface area contributed by atoms with Gasteiger partial charge in [-0.1, -0.05) is 6.92 Å². The van der Waals surface area contributed by atoms with Gasteiger partial charge in [0.05, 0.1) is 8.68 Å². The van der Waals surface area contributed by atoms with Gasteiger partial charge >= 0.3 is 5.97 Å². The molecule has 0 spiro atoms. The first kappa shape index (κ1) is 16.6. The number of aromatic carboxylic acids is 1. The Morgan fingerprint density at radius 2 is 2.14 bits per heavy atom. The Morgan fingerprint density at radius 1 is 1.43 bits per heavy atom. The fourth-order valence-electron chi connectivity index (χ4n) is 1.69. The van der Waals surface area contributed by atoms with Gasteiger partial charge in [0.25, 0.3) is 0 Å². The van der Waals surface area contributed by atoms with E-state index in [4.69, 9.17) is 5.11 Å². The maximum Gasteiger partial charge on any atom is 0.345 e. The summed E-state index contributed by atoms with van der Waals surface area (Å²) in [6.45, 7) is 2.34. The summed E-state index contributed by atoms with van der Waals surface area (Å²) in [5.41, 5.74) is 0. The predicted octanol–water partition coefficient (Wildman–Crippen LogP) is 3.48. The highest BCUT2D eigenvalue weighted by molar-refractivity contribution is 9.11. The first-order valence-electron chi connectivity index (χ1n) is 5.90. The van der Waals surface area contributed by atoms with E-state index in [1.165, 1.54) is 27.1 Å². The molecule has 0 fully saturated rings. The van der Waals surface area contributed by atoms with Gasteiger partial charge in [0.15, 0.2) is 0 Å². The second kappa shape index (κ2) is 6.57. The van der Waals surface area contributed by atoms with Crippen LogP contribution < -0.4 is 0 Å². The number of sulfonamides is 1. The van der Waals surface area contributed by atoms with Crippen molar-refractivity contribution < 1.29 is 18.3 Å². The Morgan fingerprint density at radius 3 is 2.62 bits per heavy atom. The summed E-state index contributed by atoms with van der Waals surface area (Å²) in [6.07, 6.45) is 0. The fraction of sp³-hybridized carbons (Fsp3) is 0.250. The molecule has 0 aliphatic rings. The standard InChI is InChI=1S/C12H12BrNO4S3/c1-2-14(6-8-3-4-11(13)20-8)21(17,18)9-5-10(12(15)16)19-7-9/h3-5,7H,2,6H2,1H3,(H,15,16). The molecule has 0 unspecified atom stereocenters. The van der Waals surface area contributed by atoms with Crippen molar-refractivity contribution in [3.8, 4) is 0 Å². The van der Waals surface area contributed by atoms with Crippen molar-refractivity contribution in [3.05, 3.63) is 37.1 Å². The van der Waals surface area contributed by atoms with E-state index in [0.29, 0.717) is 6.54 Å². The maximum absolute atomic E-state index is 12.5. The summed E-state index contributed by atoms with van der Waals surface area (Å²) >= 11 is 5.73. The minimum absolute atomic E-state index is 0.0171. The quantitative estimate of drug-likeness (QED) is 0.791. The third kappa shape index (κ3) is 3.72. The molecule has 0 saturated carbocycles. The minimum Gasteiger partial charge on any atom is -0.477 e. The zero-order valence-corrected chi connectivity index (χ0v) is 15.0. The molecule has 9 heteroatoms. The summed E-state index contributed by atoms with van der Waals surface area (Å²) in [5, 5.41) is 10.3. The lowest BCUT2D eigenvalue weighted by molar-refractivity contribution is 0.0702. The fourth-order valence-corrected chi connectivity index (χ4v) is 5.80. The molecule has 0 saturated heterocycles. The first-order valence-corrected chi connectivity index (χ1v) is 9.83. The number of halogens is 1. The van der Waals surface area contributed by atoms with Crippen molar-refractivity contribution in [1.82, 2.24) is 4.31 Å². The van der Waals surface area contributed by atoms with Crippen LogP contribution in [-0.2, 0) is 16.6 Å². The third-order valence-corrected chi connectivity index (χ3v) is 7.31. The van der Waals surface area contributed by atoms with Crippen LogP contribution in [0.1, 0.15) is 21.5 Å². The molecule has 0 aliphatic heterocycles. The molecule has 0 radical (unpaired) electrons. The van der Waals surface area contributed by atoms with Gasteiger partial charge in [-0.2, -0.15) is 4.31 Å². The van der Waals surface area contributed by atoms with Crippen LogP contribution in [-0.4, -0.2) is 30.3 Å². The Labute approximate surface area is 139 Å².